The normalized spacial score (nSPS) is 14.4. The van der Waals surface area contributed by atoms with Gasteiger partial charge in [-0.15, -0.1) is 0 Å². The zero-order valence-electron chi connectivity index (χ0n) is 18.3. The van der Waals surface area contributed by atoms with E-state index in [1.54, 1.807) is 12.1 Å². The number of nitrogens with zero attached hydrogens (tertiary/aromatic N) is 1. The van der Waals surface area contributed by atoms with Gasteiger partial charge < -0.3 is 25.6 Å². The molecule has 0 bridgehead atoms. The maximum Gasteiger partial charge on any atom is 0.416 e. The van der Waals surface area contributed by atoms with Crippen LogP contribution in [0.3, 0.4) is 0 Å². The van der Waals surface area contributed by atoms with Gasteiger partial charge in [-0.2, -0.15) is 13.2 Å². The predicted molar refractivity (Wildman–Crippen MR) is 120 cm³/mol. The summed E-state index contributed by atoms with van der Waals surface area (Å²) in [5.41, 5.74) is 0.103. The first kappa shape index (κ1) is 24.4. The van der Waals surface area contributed by atoms with Gasteiger partial charge in [0.2, 0.25) is 0 Å². The minimum atomic E-state index is -4.45. The number of alkyl halides is 3. The van der Waals surface area contributed by atoms with E-state index in [1.807, 2.05) is 0 Å². The molecule has 178 valence electrons. The summed E-state index contributed by atoms with van der Waals surface area (Å²) in [4.78, 5) is 27.1. The second-order valence-corrected chi connectivity index (χ2v) is 7.73. The monoisotopic (exact) mass is 464 g/mol. The van der Waals surface area contributed by atoms with Gasteiger partial charge in [0, 0.05) is 30.5 Å². The fraction of sp³-hybridized carbons (Fsp3) is 0.391. The van der Waals surface area contributed by atoms with E-state index in [9.17, 15) is 22.8 Å². The predicted octanol–water partition coefficient (Wildman–Crippen LogP) is 4.57. The number of nitrogens with one attached hydrogen (secondary N) is 3. The summed E-state index contributed by atoms with van der Waals surface area (Å²) in [6.07, 6.45) is -0.826. The number of halogens is 3. The summed E-state index contributed by atoms with van der Waals surface area (Å²) in [5, 5.41) is 7.92. The van der Waals surface area contributed by atoms with Crippen LogP contribution in [0.25, 0.3) is 0 Å². The van der Waals surface area contributed by atoms with Gasteiger partial charge >= 0.3 is 12.2 Å². The summed E-state index contributed by atoms with van der Waals surface area (Å²) in [7, 11) is 1.42. The van der Waals surface area contributed by atoms with E-state index in [4.69, 9.17) is 4.74 Å². The third-order valence-corrected chi connectivity index (χ3v) is 5.34. The van der Waals surface area contributed by atoms with Crippen molar-refractivity contribution in [2.75, 3.05) is 43.9 Å². The molecule has 1 fully saturated rings. The van der Waals surface area contributed by atoms with Gasteiger partial charge in [-0.05, 0) is 62.3 Å². The molecule has 10 heteroatoms. The molecule has 0 unspecified atom stereocenters. The molecule has 0 spiro atoms. The molecular weight excluding hydrogens is 437 g/mol. The Balaban J connectivity index is 1.54. The molecule has 0 saturated carbocycles. The molecule has 2 aromatic carbocycles. The number of likely N-dealkylation sites (tertiary alicyclic amines) is 1. The lowest BCUT2D eigenvalue weighted by atomic mass is 10.1. The first-order valence-corrected chi connectivity index (χ1v) is 10.7. The lowest BCUT2D eigenvalue weighted by molar-refractivity contribution is -0.137. The van der Waals surface area contributed by atoms with Gasteiger partial charge in [-0.3, -0.25) is 4.79 Å². The van der Waals surface area contributed by atoms with Gasteiger partial charge in [0.1, 0.15) is 5.75 Å². The van der Waals surface area contributed by atoms with Crippen LogP contribution in [0, 0.1) is 0 Å². The fourth-order valence-electron chi connectivity index (χ4n) is 3.60. The average Bonchev–Trinajstić information content (AvgIpc) is 2.79. The molecule has 0 atom stereocenters. The number of amides is 3. The van der Waals surface area contributed by atoms with E-state index in [-0.39, 0.29) is 17.3 Å². The molecule has 2 aromatic rings. The summed E-state index contributed by atoms with van der Waals surface area (Å²) in [6, 6.07) is 8.06. The Morgan fingerprint density at radius 3 is 2.24 bits per heavy atom. The summed E-state index contributed by atoms with van der Waals surface area (Å²) in [5.74, 6) is 0.0161. The molecule has 3 amide bonds. The van der Waals surface area contributed by atoms with Crippen LogP contribution < -0.4 is 20.7 Å². The number of piperidine rings is 1. The molecule has 1 aliphatic heterocycles. The Morgan fingerprint density at radius 2 is 1.61 bits per heavy atom. The first-order chi connectivity index (χ1) is 15.8. The van der Waals surface area contributed by atoms with Gasteiger partial charge in [0.15, 0.2) is 0 Å². The number of ether oxygens (including phenoxy) is 1. The molecule has 0 aromatic heterocycles. The smallest absolute Gasteiger partial charge is 0.416 e. The maximum atomic E-state index is 12.6. The largest absolute Gasteiger partial charge is 0.496 e. The third kappa shape index (κ3) is 7.11. The number of benzene rings is 2. The van der Waals surface area contributed by atoms with Crippen molar-refractivity contribution in [2.45, 2.75) is 25.4 Å². The van der Waals surface area contributed by atoms with Crippen molar-refractivity contribution >= 4 is 23.3 Å². The van der Waals surface area contributed by atoms with Crippen LogP contribution in [-0.4, -0.2) is 50.1 Å². The van der Waals surface area contributed by atoms with Crippen LogP contribution in [0.15, 0.2) is 42.5 Å². The Kier molecular flexibility index (Phi) is 8.16. The van der Waals surface area contributed by atoms with Gasteiger partial charge in [0.05, 0.1) is 18.2 Å². The standard InChI is InChI=1S/C23H27F3N4O3/c1-33-20-15-18(29-22(32)28-17-7-5-16(6-8-17)23(24,25)26)9-10-19(20)21(31)27-11-14-30-12-3-2-4-13-30/h5-10,15H,2-4,11-14H2,1H3,(H,27,31)(H2,28,29,32). The topological polar surface area (TPSA) is 82.7 Å². The van der Waals surface area contributed by atoms with E-state index in [1.165, 1.54) is 44.6 Å². The van der Waals surface area contributed by atoms with Crippen molar-refractivity contribution < 1.29 is 27.5 Å². The van der Waals surface area contributed by atoms with E-state index in [2.05, 4.69) is 20.9 Å². The second-order valence-electron chi connectivity index (χ2n) is 7.73. The second kappa shape index (κ2) is 11.0. The van der Waals surface area contributed by atoms with E-state index in [0.29, 0.717) is 17.8 Å². The third-order valence-electron chi connectivity index (χ3n) is 5.34. The van der Waals surface area contributed by atoms with E-state index >= 15 is 0 Å². The highest BCUT2D eigenvalue weighted by Gasteiger charge is 2.30. The fourth-order valence-corrected chi connectivity index (χ4v) is 3.60. The van der Waals surface area contributed by atoms with E-state index < -0.39 is 17.8 Å². The average molecular weight is 464 g/mol. The van der Waals surface area contributed by atoms with Crippen LogP contribution in [0.5, 0.6) is 5.75 Å². The van der Waals surface area contributed by atoms with Crippen molar-refractivity contribution in [2.24, 2.45) is 0 Å². The molecule has 0 aliphatic carbocycles. The lowest BCUT2D eigenvalue weighted by Gasteiger charge is -2.26. The number of hydrogen-bond donors (Lipinski definition) is 3. The molecule has 3 N–H and O–H groups in total. The summed E-state index contributed by atoms with van der Waals surface area (Å²) in [6.45, 7) is 3.41. The SMILES string of the molecule is COc1cc(NC(=O)Nc2ccc(C(F)(F)F)cc2)ccc1C(=O)NCCN1CCCCC1. The molecule has 7 nitrogen and oxygen atoms in total. The number of anilines is 2. The van der Waals surface area contributed by atoms with Crippen molar-refractivity contribution in [1.29, 1.82) is 0 Å². The van der Waals surface area contributed by atoms with Crippen molar-refractivity contribution in [1.82, 2.24) is 10.2 Å². The maximum absolute atomic E-state index is 12.6. The van der Waals surface area contributed by atoms with Crippen LogP contribution in [0.2, 0.25) is 0 Å². The molecule has 0 radical (unpaired) electrons. The van der Waals surface area contributed by atoms with Crippen molar-refractivity contribution in [3.8, 4) is 5.75 Å². The lowest BCUT2D eigenvalue weighted by Crippen LogP contribution is -2.37. The molecular formula is C23H27F3N4O3. The van der Waals surface area contributed by atoms with E-state index in [0.717, 1.165) is 31.8 Å². The molecule has 1 saturated heterocycles. The number of hydrogen-bond acceptors (Lipinski definition) is 4. The molecule has 33 heavy (non-hydrogen) atoms. The zero-order valence-corrected chi connectivity index (χ0v) is 18.3. The van der Waals surface area contributed by atoms with Crippen LogP contribution in [-0.2, 0) is 6.18 Å². The van der Waals surface area contributed by atoms with Crippen LogP contribution in [0.1, 0.15) is 35.2 Å². The van der Waals surface area contributed by atoms with Gasteiger partial charge in [-0.25, -0.2) is 4.79 Å². The Bertz CT molecular complexity index is 958. The molecule has 1 aliphatic rings. The Morgan fingerprint density at radius 1 is 0.970 bits per heavy atom. The number of urea groups is 1. The minimum absolute atomic E-state index is 0.206. The van der Waals surface area contributed by atoms with Crippen LogP contribution >= 0.6 is 0 Å². The molecule has 1 heterocycles. The minimum Gasteiger partial charge on any atom is -0.496 e. The summed E-state index contributed by atoms with van der Waals surface area (Å²) < 4.78 is 43.2. The Labute approximate surface area is 190 Å². The number of rotatable bonds is 7. The van der Waals surface area contributed by atoms with Gasteiger partial charge in [-0.1, -0.05) is 6.42 Å². The molecule has 3 rings (SSSR count). The van der Waals surface area contributed by atoms with Crippen LogP contribution in [0.4, 0.5) is 29.3 Å². The number of carbonyl (C=O) groups excluding carboxylic acids is 2. The van der Waals surface area contributed by atoms with Crippen molar-refractivity contribution in [3.63, 3.8) is 0 Å². The highest BCUT2D eigenvalue weighted by Crippen LogP contribution is 2.30. The quantitative estimate of drug-likeness (QED) is 0.561. The first-order valence-electron chi connectivity index (χ1n) is 10.7. The highest BCUT2D eigenvalue weighted by molar-refractivity contribution is 6.01. The van der Waals surface area contributed by atoms with Gasteiger partial charge in [0.25, 0.3) is 5.91 Å². The van der Waals surface area contributed by atoms with Crippen molar-refractivity contribution in [3.05, 3.63) is 53.6 Å². The highest BCUT2D eigenvalue weighted by atomic mass is 19.4. The zero-order chi connectivity index (χ0) is 23.8. The summed E-state index contributed by atoms with van der Waals surface area (Å²) >= 11 is 0. The number of carbonyl (C=O) groups is 2. The number of methoxy groups -OCH3 is 1. The Hall–Kier alpha value is -3.27.